The zero-order valence-corrected chi connectivity index (χ0v) is 17.7. The number of nitrogens with one attached hydrogen (secondary N) is 1. The van der Waals surface area contributed by atoms with Gasteiger partial charge in [-0.25, -0.2) is 0 Å². The SMILES string of the molecule is Cc1ccc(N2C[C@H](C(=O)OCC(=O)Nc3cccc4ccccc34)CC2=O)cc1Cl. The molecule has 3 aromatic carbocycles. The van der Waals surface area contributed by atoms with E-state index in [1.54, 1.807) is 18.2 Å². The van der Waals surface area contributed by atoms with E-state index in [0.717, 1.165) is 16.3 Å². The largest absolute Gasteiger partial charge is 0.455 e. The second kappa shape index (κ2) is 8.78. The van der Waals surface area contributed by atoms with E-state index < -0.39 is 24.4 Å². The fourth-order valence-electron chi connectivity index (χ4n) is 3.64. The lowest BCUT2D eigenvalue weighted by atomic mass is 10.1. The van der Waals surface area contributed by atoms with Crippen molar-refractivity contribution in [1.29, 1.82) is 0 Å². The van der Waals surface area contributed by atoms with Gasteiger partial charge in [0.1, 0.15) is 0 Å². The highest BCUT2D eigenvalue weighted by Crippen LogP contribution is 2.29. The Morgan fingerprint density at radius 1 is 1.13 bits per heavy atom. The summed E-state index contributed by atoms with van der Waals surface area (Å²) in [5, 5.41) is 5.23. The number of nitrogens with zero attached hydrogens (tertiary/aromatic N) is 1. The van der Waals surface area contributed by atoms with Gasteiger partial charge in [0.25, 0.3) is 5.91 Å². The predicted molar refractivity (Wildman–Crippen MR) is 120 cm³/mol. The van der Waals surface area contributed by atoms with Gasteiger partial charge in [-0.05, 0) is 36.1 Å². The second-order valence-corrected chi connectivity index (χ2v) is 7.93. The molecular weight excluding hydrogens is 416 g/mol. The molecule has 0 aromatic heterocycles. The van der Waals surface area contributed by atoms with Crippen molar-refractivity contribution >= 4 is 51.5 Å². The molecule has 31 heavy (non-hydrogen) atoms. The van der Waals surface area contributed by atoms with Gasteiger partial charge < -0.3 is 15.0 Å². The molecule has 7 heteroatoms. The molecule has 1 atom stereocenters. The summed E-state index contributed by atoms with van der Waals surface area (Å²) in [7, 11) is 0. The van der Waals surface area contributed by atoms with E-state index >= 15 is 0 Å². The molecule has 1 heterocycles. The Morgan fingerprint density at radius 2 is 1.90 bits per heavy atom. The molecular formula is C24H21ClN2O4. The number of benzene rings is 3. The summed E-state index contributed by atoms with van der Waals surface area (Å²) < 4.78 is 5.19. The van der Waals surface area contributed by atoms with Crippen LogP contribution in [0.1, 0.15) is 12.0 Å². The van der Waals surface area contributed by atoms with E-state index in [1.165, 1.54) is 4.90 Å². The minimum Gasteiger partial charge on any atom is -0.455 e. The van der Waals surface area contributed by atoms with Crippen molar-refractivity contribution in [2.24, 2.45) is 5.92 Å². The van der Waals surface area contributed by atoms with Crippen LogP contribution in [0, 0.1) is 12.8 Å². The topological polar surface area (TPSA) is 75.7 Å². The van der Waals surface area contributed by atoms with E-state index in [2.05, 4.69) is 5.32 Å². The highest BCUT2D eigenvalue weighted by atomic mass is 35.5. The minimum atomic E-state index is -0.627. The molecule has 2 amide bonds. The number of esters is 1. The number of amides is 2. The maximum absolute atomic E-state index is 12.5. The molecule has 0 spiro atoms. The van der Waals surface area contributed by atoms with E-state index in [1.807, 2.05) is 49.4 Å². The first-order valence-corrected chi connectivity index (χ1v) is 10.3. The molecule has 4 rings (SSSR count). The van der Waals surface area contributed by atoms with Crippen molar-refractivity contribution < 1.29 is 19.1 Å². The van der Waals surface area contributed by atoms with Crippen molar-refractivity contribution in [2.45, 2.75) is 13.3 Å². The highest BCUT2D eigenvalue weighted by Gasteiger charge is 2.36. The maximum Gasteiger partial charge on any atom is 0.311 e. The van der Waals surface area contributed by atoms with Crippen LogP contribution in [0.2, 0.25) is 5.02 Å². The van der Waals surface area contributed by atoms with Crippen molar-refractivity contribution in [2.75, 3.05) is 23.4 Å². The molecule has 1 N–H and O–H groups in total. The summed E-state index contributed by atoms with van der Waals surface area (Å²) in [5.41, 5.74) is 2.20. The Hall–Kier alpha value is -3.38. The first kappa shape index (κ1) is 20.9. The number of fused-ring (bicyclic) bond motifs is 1. The molecule has 0 unspecified atom stereocenters. The Morgan fingerprint density at radius 3 is 2.71 bits per heavy atom. The van der Waals surface area contributed by atoms with Crippen LogP contribution in [0.4, 0.5) is 11.4 Å². The third-order valence-corrected chi connectivity index (χ3v) is 5.74. The lowest BCUT2D eigenvalue weighted by Crippen LogP contribution is -2.28. The van der Waals surface area contributed by atoms with Gasteiger partial charge in [-0.3, -0.25) is 14.4 Å². The van der Waals surface area contributed by atoms with Gasteiger partial charge in [-0.1, -0.05) is 54.1 Å². The average molecular weight is 437 g/mol. The fourth-order valence-corrected chi connectivity index (χ4v) is 3.81. The quantitative estimate of drug-likeness (QED) is 0.604. The van der Waals surface area contributed by atoms with Gasteiger partial charge in [0.05, 0.1) is 5.92 Å². The Balaban J connectivity index is 1.35. The molecule has 0 saturated carbocycles. The lowest BCUT2D eigenvalue weighted by Gasteiger charge is -2.17. The van der Waals surface area contributed by atoms with E-state index in [4.69, 9.17) is 16.3 Å². The van der Waals surface area contributed by atoms with Crippen molar-refractivity contribution in [3.63, 3.8) is 0 Å². The van der Waals surface area contributed by atoms with Crippen LogP contribution < -0.4 is 10.2 Å². The normalized spacial score (nSPS) is 15.9. The predicted octanol–water partition coefficient (Wildman–Crippen LogP) is 4.34. The number of carbonyl (C=O) groups is 3. The zero-order chi connectivity index (χ0) is 22.0. The molecule has 1 saturated heterocycles. The van der Waals surface area contributed by atoms with Gasteiger partial charge in [0.15, 0.2) is 6.61 Å². The summed E-state index contributed by atoms with van der Waals surface area (Å²) in [6, 6.07) is 18.6. The Bertz CT molecular complexity index is 1170. The van der Waals surface area contributed by atoms with Gasteiger partial charge in [0, 0.05) is 34.7 Å². The highest BCUT2D eigenvalue weighted by molar-refractivity contribution is 6.31. The molecule has 158 valence electrons. The third-order valence-electron chi connectivity index (χ3n) is 5.33. The van der Waals surface area contributed by atoms with Crippen LogP contribution in [-0.2, 0) is 19.1 Å². The number of anilines is 2. The zero-order valence-electron chi connectivity index (χ0n) is 16.9. The van der Waals surface area contributed by atoms with Crippen molar-refractivity contribution in [3.8, 4) is 0 Å². The Kier molecular flexibility index (Phi) is 5.91. The van der Waals surface area contributed by atoms with E-state index in [0.29, 0.717) is 16.4 Å². The van der Waals surface area contributed by atoms with Crippen molar-refractivity contribution in [3.05, 3.63) is 71.2 Å². The molecule has 3 aromatic rings. The fraction of sp³-hybridized carbons (Fsp3) is 0.208. The second-order valence-electron chi connectivity index (χ2n) is 7.52. The van der Waals surface area contributed by atoms with Gasteiger partial charge in [-0.2, -0.15) is 0 Å². The summed E-state index contributed by atoms with van der Waals surface area (Å²) in [4.78, 5) is 38.7. The summed E-state index contributed by atoms with van der Waals surface area (Å²) >= 11 is 6.15. The number of hydrogen-bond donors (Lipinski definition) is 1. The number of aryl methyl sites for hydroxylation is 1. The lowest BCUT2D eigenvalue weighted by molar-refractivity contribution is -0.151. The molecule has 1 fully saturated rings. The minimum absolute atomic E-state index is 0.0370. The molecule has 0 aliphatic carbocycles. The van der Waals surface area contributed by atoms with Crippen LogP contribution in [-0.4, -0.2) is 30.9 Å². The van der Waals surface area contributed by atoms with Gasteiger partial charge >= 0.3 is 5.97 Å². The molecule has 6 nitrogen and oxygen atoms in total. The number of carbonyl (C=O) groups excluding carboxylic acids is 3. The van der Waals surface area contributed by atoms with Crippen LogP contribution in [0.5, 0.6) is 0 Å². The smallest absolute Gasteiger partial charge is 0.311 e. The summed E-state index contributed by atoms with van der Waals surface area (Å²) in [6.07, 6.45) is 0.0370. The maximum atomic E-state index is 12.5. The first-order valence-electron chi connectivity index (χ1n) is 9.93. The number of halogens is 1. The summed E-state index contributed by atoms with van der Waals surface area (Å²) in [5.74, 6) is -1.81. The van der Waals surface area contributed by atoms with Gasteiger partial charge in [-0.15, -0.1) is 0 Å². The first-order chi connectivity index (χ1) is 14.9. The van der Waals surface area contributed by atoms with Crippen molar-refractivity contribution in [1.82, 2.24) is 0 Å². The summed E-state index contributed by atoms with van der Waals surface area (Å²) in [6.45, 7) is 1.66. The molecule has 1 aliphatic rings. The Labute approximate surface area is 184 Å². The monoisotopic (exact) mass is 436 g/mol. The number of ether oxygens (including phenoxy) is 1. The van der Waals surface area contributed by atoms with E-state index in [-0.39, 0.29) is 18.9 Å². The number of rotatable bonds is 5. The van der Waals surface area contributed by atoms with Crippen LogP contribution in [0.25, 0.3) is 10.8 Å². The molecule has 0 bridgehead atoms. The van der Waals surface area contributed by atoms with Crippen LogP contribution >= 0.6 is 11.6 Å². The molecule has 0 radical (unpaired) electrons. The van der Waals surface area contributed by atoms with Crippen LogP contribution in [0.15, 0.2) is 60.7 Å². The molecule has 1 aliphatic heterocycles. The standard InChI is InChI=1S/C24H21ClN2O4/c1-15-9-10-18(12-20(15)25)27-13-17(11-23(27)29)24(30)31-14-22(28)26-21-8-4-6-16-5-2-3-7-19(16)21/h2-10,12,17H,11,13-14H2,1H3,(H,26,28)/t17-/m1/s1. The average Bonchev–Trinajstić information content (AvgIpc) is 3.16. The van der Waals surface area contributed by atoms with E-state index in [9.17, 15) is 14.4 Å². The third kappa shape index (κ3) is 4.54. The number of hydrogen-bond acceptors (Lipinski definition) is 4. The van der Waals surface area contributed by atoms with Crippen LogP contribution in [0.3, 0.4) is 0 Å². The van der Waals surface area contributed by atoms with Gasteiger partial charge in [0.2, 0.25) is 5.91 Å².